The van der Waals surface area contributed by atoms with Gasteiger partial charge >= 0.3 is 0 Å². The van der Waals surface area contributed by atoms with Crippen molar-refractivity contribution < 1.29 is 8.83 Å². The van der Waals surface area contributed by atoms with Crippen LogP contribution < -0.4 is 0 Å². The summed E-state index contributed by atoms with van der Waals surface area (Å²) in [6.07, 6.45) is 4.88. The third-order valence-electron chi connectivity index (χ3n) is 3.17. The van der Waals surface area contributed by atoms with Crippen molar-refractivity contribution in [3.63, 3.8) is 0 Å². The van der Waals surface area contributed by atoms with Crippen molar-refractivity contribution in [1.82, 2.24) is 0 Å². The van der Waals surface area contributed by atoms with Gasteiger partial charge in [0.2, 0.25) is 0 Å². The third-order valence-corrected chi connectivity index (χ3v) is 5.08. The summed E-state index contributed by atoms with van der Waals surface area (Å²) >= 11 is 3.13. The molecule has 1 unspecified atom stereocenters. The monoisotopic (exact) mass is 344 g/mol. The van der Waals surface area contributed by atoms with E-state index in [9.17, 15) is 0 Å². The number of rotatable bonds is 4. The fourth-order valence-corrected chi connectivity index (χ4v) is 3.83. The molecule has 1 atom stereocenters. The summed E-state index contributed by atoms with van der Waals surface area (Å²) in [5.74, 6) is 3.89. The van der Waals surface area contributed by atoms with Gasteiger partial charge in [-0.15, -0.1) is 0 Å². The first-order valence-corrected chi connectivity index (χ1v) is 8.92. The summed E-state index contributed by atoms with van der Waals surface area (Å²) in [6.45, 7) is 0. The number of hydrogen-bond acceptors (Lipinski definition) is 8. The number of aliphatic imine (C=N–C) groups is 4. The second-order valence-electron chi connectivity index (χ2n) is 4.73. The van der Waals surface area contributed by atoms with Crippen LogP contribution >= 0.6 is 23.5 Å². The van der Waals surface area contributed by atoms with Crippen LogP contribution in [0.15, 0.2) is 65.6 Å². The lowest BCUT2D eigenvalue weighted by Crippen LogP contribution is -2.27. The molecular weight excluding hydrogens is 332 g/mol. The molecule has 2 aliphatic rings. The summed E-state index contributed by atoms with van der Waals surface area (Å²) in [5.41, 5.74) is 0. The third kappa shape index (κ3) is 3.32. The molecule has 2 aromatic heterocycles. The number of nitrogens with zero attached hydrogens (tertiary/aromatic N) is 4. The lowest BCUT2D eigenvalue weighted by molar-refractivity contribution is 0.530. The Morgan fingerprint density at radius 1 is 0.957 bits per heavy atom. The van der Waals surface area contributed by atoms with Crippen molar-refractivity contribution in [2.24, 2.45) is 20.0 Å². The van der Waals surface area contributed by atoms with E-state index in [0.717, 1.165) is 16.6 Å². The molecule has 6 nitrogen and oxygen atoms in total. The SMILES string of the molecule is C1=NC2C(=N1)N=C(SCc1ccco1)N=C2SCc1ccco1. The Kier molecular flexibility index (Phi) is 4.16. The van der Waals surface area contributed by atoms with E-state index in [0.29, 0.717) is 22.5 Å². The van der Waals surface area contributed by atoms with Gasteiger partial charge in [-0.3, -0.25) is 4.99 Å². The summed E-state index contributed by atoms with van der Waals surface area (Å²) in [5, 5.41) is 1.58. The maximum atomic E-state index is 5.37. The minimum absolute atomic E-state index is 0.178. The van der Waals surface area contributed by atoms with Crippen molar-refractivity contribution in [2.75, 3.05) is 0 Å². The molecule has 0 bridgehead atoms. The molecule has 0 fully saturated rings. The Morgan fingerprint density at radius 3 is 2.39 bits per heavy atom. The molecule has 23 heavy (non-hydrogen) atoms. The first kappa shape index (κ1) is 14.5. The number of furan rings is 2. The molecule has 8 heteroatoms. The lowest BCUT2D eigenvalue weighted by atomic mass is 10.3. The Labute approximate surface area is 140 Å². The second-order valence-corrected chi connectivity index (χ2v) is 6.67. The van der Waals surface area contributed by atoms with Crippen molar-refractivity contribution >= 4 is 45.9 Å². The van der Waals surface area contributed by atoms with E-state index in [1.165, 1.54) is 11.8 Å². The van der Waals surface area contributed by atoms with E-state index < -0.39 is 0 Å². The van der Waals surface area contributed by atoms with Crippen LogP contribution in [0.3, 0.4) is 0 Å². The average Bonchev–Trinajstić information content (AvgIpc) is 3.32. The highest BCUT2D eigenvalue weighted by Crippen LogP contribution is 2.26. The van der Waals surface area contributed by atoms with Gasteiger partial charge in [-0.2, -0.15) is 0 Å². The molecule has 2 aromatic rings. The van der Waals surface area contributed by atoms with Crippen LogP contribution in [0, 0.1) is 0 Å². The topological polar surface area (TPSA) is 75.7 Å². The van der Waals surface area contributed by atoms with E-state index in [1.807, 2.05) is 24.3 Å². The van der Waals surface area contributed by atoms with Crippen LogP contribution in [0.25, 0.3) is 0 Å². The number of hydrogen-bond donors (Lipinski definition) is 0. The van der Waals surface area contributed by atoms with E-state index >= 15 is 0 Å². The first-order valence-electron chi connectivity index (χ1n) is 6.95. The Balaban J connectivity index is 1.47. The standard InChI is InChI=1S/C15H12N4O2S2/c1-3-10(20-5-1)7-22-14-12-13(17-9-16-12)18-15(19-14)23-8-11-4-2-6-21-11/h1-6,9,12H,7-8H2. The summed E-state index contributed by atoms with van der Waals surface area (Å²) in [7, 11) is 0. The van der Waals surface area contributed by atoms with E-state index in [4.69, 9.17) is 8.83 Å². The van der Waals surface area contributed by atoms with Gasteiger partial charge in [0, 0.05) is 0 Å². The lowest BCUT2D eigenvalue weighted by Gasteiger charge is -2.16. The van der Waals surface area contributed by atoms with Gasteiger partial charge in [0.25, 0.3) is 0 Å². The molecule has 4 heterocycles. The van der Waals surface area contributed by atoms with Crippen LogP contribution in [0.4, 0.5) is 0 Å². The zero-order chi connectivity index (χ0) is 15.5. The fraction of sp³-hybridized carbons (Fsp3) is 0.200. The Morgan fingerprint density at radius 2 is 1.70 bits per heavy atom. The van der Waals surface area contributed by atoms with Crippen molar-refractivity contribution in [3.8, 4) is 0 Å². The number of fused-ring (bicyclic) bond motifs is 1. The van der Waals surface area contributed by atoms with Crippen LogP contribution in [-0.2, 0) is 11.5 Å². The zero-order valence-electron chi connectivity index (χ0n) is 12.0. The normalized spacial score (nSPS) is 19.3. The second kappa shape index (κ2) is 6.59. The molecular formula is C15H12N4O2S2. The average molecular weight is 344 g/mol. The quantitative estimate of drug-likeness (QED) is 0.849. The van der Waals surface area contributed by atoms with Crippen LogP contribution in [0.2, 0.25) is 0 Å². The van der Waals surface area contributed by atoms with Gasteiger partial charge in [-0.25, -0.2) is 15.0 Å². The highest BCUT2D eigenvalue weighted by atomic mass is 32.2. The van der Waals surface area contributed by atoms with Gasteiger partial charge < -0.3 is 8.83 Å². The van der Waals surface area contributed by atoms with Gasteiger partial charge in [0.15, 0.2) is 17.0 Å². The van der Waals surface area contributed by atoms with Crippen LogP contribution in [0.5, 0.6) is 0 Å². The predicted octanol–water partition coefficient (Wildman–Crippen LogP) is 3.62. The minimum atomic E-state index is -0.178. The van der Waals surface area contributed by atoms with Crippen molar-refractivity contribution in [1.29, 1.82) is 0 Å². The highest BCUT2D eigenvalue weighted by Gasteiger charge is 2.29. The summed E-state index contributed by atoms with van der Waals surface area (Å²) in [6, 6.07) is 7.46. The summed E-state index contributed by atoms with van der Waals surface area (Å²) < 4.78 is 10.7. The maximum Gasteiger partial charge on any atom is 0.190 e. The Bertz CT molecular complexity index is 792. The first-order chi connectivity index (χ1) is 11.4. The zero-order valence-corrected chi connectivity index (χ0v) is 13.6. The highest BCUT2D eigenvalue weighted by molar-refractivity contribution is 8.15. The van der Waals surface area contributed by atoms with Crippen molar-refractivity contribution in [3.05, 3.63) is 48.3 Å². The minimum Gasteiger partial charge on any atom is -0.468 e. The van der Waals surface area contributed by atoms with Crippen molar-refractivity contribution in [2.45, 2.75) is 17.5 Å². The molecule has 116 valence electrons. The van der Waals surface area contributed by atoms with Gasteiger partial charge in [0.05, 0.1) is 24.0 Å². The fourth-order valence-electron chi connectivity index (χ4n) is 2.08. The van der Waals surface area contributed by atoms with Gasteiger partial charge in [-0.1, -0.05) is 23.5 Å². The van der Waals surface area contributed by atoms with E-state index in [-0.39, 0.29) is 6.04 Å². The van der Waals surface area contributed by atoms with Crippen LogP contribution in [0.1, 0.15) is 11.5 Å². The molecule has 0 radical (unpaired) electrons. The van der Waals surface area contributed by atoms with Gasteiger partial charge in [-0.05, 0) is 24.3 Å². The summed E-state index contributed by atoms with van der Waals surface area (Å²) in [4.78, 5) is 17.7. The molecule has 0 saturated carbocycles. The van der Waals surface area contributed by atoms with Crippen LogP contribution in [-0.4, -0.2) is 28.4 Å². The van der Waals surface area contributed by atoms with Gasteiger partial charge in [0.1, 0.15) is 22.9 Å². The molecule has 2 aliphatic heterocycles. The molecule has 0 amide bonds. The Hall–Kier alpha value is -2.06. The molecule has 4 rings (SSSR count). The molecule has 0 aliphatic carbocycles. The number of amidine groups is 2. The van der Waals surface area contributed by atoms with E-state index in [1.54, 1.807) is 30.6 Å². The largest absolute Gasteiger partial charge is 0.468 e. The predicted molar refractivity (Wildman–Crippen MR) is 94.6 cm³/mol. The van der Waals surface area contributed by atoms with E-state index in [2.05, 4.69) is 20.0 Å². The molecule has 0 saturated heterocycles. The number of thioether (sulfide) groups is 2. The molecule has 0 N–H and O–H groups in total. The molecule has 0 aromatic carbocycles. The maximum absolute atomic E-state index is 5.37. The smallest absolute Gasteiger partial charge is 0.190 e. The molecule has 0 spiro atoms.